The second kappa shape index (κ2) is 10.8. The fourth-order valence-electron chi connectivity index (χ4n) is 3.79. The molecule has 1 aliphatic heterocycles. The highest BCUT2D eigenvalue weighted by molar-refractivity contribution is 8.03. The molecule has 0 saturated heterocycles. The Kier molecular flexibility index (Phi) is 7.38. The van der Waals surface area contributed by atoms with Crippen molar-refractivity contribution in [2.75, 3.05) is 18.2 Å². The Morgan fingerprint density at radius 3 is 2.49 bits per heavy atom. The maximum absolute atomic E-state index is 13.3. The normalized spacial score (nSPS) is 15.3. The number of ketones is 1. The molecule has 0 spiro atoms. The molecule has 176 valence electrons. The van der Waals surface area contributed by atoms with E-state index in [0.717, 1.165) is 0 Å². The van der Waals surface area contributed by atoms with Gasteiger partial charge < -0.3 is 19.8 Å². The zero-order chi connectivity index (χ0) is 24.8. The number of dihydropyridines is 1. The summed E-state index contributed by atoms with van der Waals surface area (Å²) in [5, 5.41) is 16.7. The standard InChI is InChI=1S/C27H23N3O4S/c1-17-24(26(32)30-19-7-4-3-5-8-19)25(23-9-6-14-34-23)21(15-28)27(29-17)35-16-22(31)18-10-12-20(33-2)13-11-18/h3-14,25,29H,16H2,1-2H3,(H,30,32). The summed E-state index contributed by atoms with van der Waals surface area (Å²) in [6, 6.07) is 21.7. The summed E-state index contributed by atoms with van der Waals surface area (Å²) in [5.41, 5.74) is 2.47. The number of nitriles is 1. The smallest absolute Gasteiger partial charge is 0.254 e. The first-order chi connectivity index (χ1) is 17.0. The van der Waals surface area contributed by atoms with Crippen LogP contribution in [0.2, 0.25) is 0 Å². The topological polar surface area (TPSA) is 104 Å². The van der Waals surface area contributed by atoms with Crippen molar-refractivity contribution >= 4 is 29.1 Å². The number of benzene rings is 2. The number of nitrogens with one attached hydrogen (secondary N) is 2. The number of allylic oxidation sites excluding steroid dienone is 2. The molecule has 1 atom stereocenters. The molecule has 0 saturated carbocycles. The number of thioether (sulfide) groups is 1. The second-order valence-corrected chi connectivity index (χ2v) is 8.71. The Bertz CT molecular complexity index is 1320. The summed E-state index contributed by atoms with van der Waals surface area (Å²) < 4.78 is 10.8. The van der Waals surface area contributed by atoms with Crippen molar-refractivity contribution in [2.24, 2.45) is 0 Å². The van der Waals surface area contributed by atoms with E-state index < -0.39 is 5.92 Å². The highest BCUT2D eigenvalue weighted by Crippen LogP contribution is 2.41. The van der Waals surface area contributed by atoms with Gasteiger partial charge in [0.25, 0.3) is 5.91 Å². The van der Waals surface area contributed by atoms with E-state index >= 15 is 0 Å². The molecule has 8 heteroatoms. The number of furan rings is 1. The van der Waals surface area contributed by atoms with Crippen molar-refractivity contribution in [3.05, 3.63) is 106 Å². The van der Waals surface area contributed by atoms with E-state index in [1.165, 1.54) is 18.0 Å². The van der Waals surface area contributed by atoms with E-state index in [2.05, 4.69) is 16.7 Å². The van der Waals surface area contributed by atoms with Gasteiger partial charge in [-0.3, -0.25) is 9.59 Å². The maximum atomic E-state index is 13.3. The number of hydrogen-bond donors (Lipinski definition) is 2. The third kappa shape index (κ3) is 5.31. The Hall–Kier alpha value is -4.22. The van der Waals surface area contributed by atoms with Crippen LogP contribution in [-0.4, -0.2) is 24.6 Å². The molecule has 0 radical (unpaired) electrons. The van der Waals surface area contributed by atoms with Crippen LogP contribution in [0.15, 0.2) is 99.3 Å². The van der Waals surface area contributed by atoms with E-state index in [1.807, 2.05) is 18.2 Å². The summed E-state index contributed by atoms with van der Waals surface area (Å²) in [4.78, 5) is 26.1. The number of carbonyl (C=O) groups excluding carboxylic acids is 2. The first-order valence-corrected chi connectivity index (χ1v) is 11.8. The zero-order valence-corrected chi connectivity index (χ0v) is 20.0. The number of Topliss-reactive ketones (excluding diaryl/α,β-unsaturated/α-hetero) is 1. The summed E-state index contributed by atoms with van der Waals surface area (Å²) in [7, 11) is 1.57. The largest absolute Gasteiger partial charge is 0.497 e. The fraction of sp³-hybridized carbons (Fsp3) is 0.148. The number of amides is 1. The lowest BCUT2D eigenvalue weighted by atomic mass is 9.85. The lowest BCUT2D eigenvalue weighted by Crippen LogP contribution is -2.30. The number of rotatable bonds is 8. The molecule has 2 N–H and O–H groups in total. The number of carbonyl (C=O) groups is 2. The van der Waals surface area contributed by atoms with Crippen LogP contribution in [0.3, 0.4) is 0 Å². The Balaban J connectivity index is 1.61. The maximum Gasteiger partial charge on any atom is 0.254 e. The zero-order valence-electron chi connectivity index (χ0n) is 19.2. The van der Waals surface area contributed by atoms with Gasteiger partial charge in [-0.25, -0.2) is 0 Å². The van der Waals surface area contributed by atoms with Gasteiger partial charge in [0.15, 0.2) is 5.78 Å². The van der Waals surface area contributed by atoms with Gasteiger partial charge in [0.2, 0.25) is 0 Å². The van der Waals surface area contributed by atoms with Crippen LogP contribution < -0.4 is 15.4 Å². The van der Waals surface area contributed by atoms with Crippen molar-refractivity contribution < 1.29 is 18.7 Å². The van der Waals surface area contributed by atoms with E-state index in [4.69, 9.17) is 9.15 Å². The summed E-state index contributed by atoms with van der Waals surface area (Å²) in [6.45, 7) is 1.77. The van der Waals surface area contributed by atoms with E-state index in [9.17, 15) is 14.9 Å². The van der Waals surface area contributed by atoms with Crippen LogP contribution in [0, 0.1) is 11.3 Å². The van der Waals surface area contributed by atoms with Gasteiger partial charge in [-0.1, -0.05) is 30.0 Å². The molecule has 0 fully saturated rings. The number of nitrogens with zero attached hydrogens (tertiary/aromatic N) is 1. The van der Waals surface area contributed by atoms with Gasteiger partial charge in [-0.15, -0.1) is 0 Å². The molecule has 0 bridgehead atoms. The molecule has 35 heavy (non-hydrogen) atoms. The molecule has 2 aromatic carbocycles. The van der Waals surface area contributed by atoms with E-state index in [1.54, 1.807) is 62.6 Å². The highest BCUT2D eigenvalue weighted by Gasteiger charge is 2.36. The Labute approximate surface area is 207 Å². The predicted octanol–water partition coefficient (Wildman–Crippen LogP) is 5.24. The van der Waals surface area contributed by atoms with Crippen molar-refractivity contribution in [2.45, 2.75) is 12.8 Å². The van der Waals surface area contributed by atoms with Gasteiger partial charge in [-0.2, -0.15) is 5.26 Å². The van der Waals surface area contributed by atoms with Gasteiger partial charge in [-0.05, 0) is 55.5 Å². The Morgan fingerprint density at radius 1 is 1.11 bits per heavy atom. The second-order valence-electron chi connectivity index (χ2n) is 7.73. The summed E-state index contributed by atoms with van der Waals surface area (Å²) >= 11 is 1.22. The van der Waals surface area contributed by atoms with Crippen molar-refractivity contribution in [1.82, 2.24) is 5.32 Å². The van der Waals surface area contributed by atoms with Crippen molar-refractivity contribution in [1.29, 1.82) is 5.26 Å². The first-order valence-electron chi connectivity index (χ1n) is 10.8. The van der Waals surface area contributed by atoms with Crippen LogP contribution in [0.4, 0.5) is 5.69 Å². The molecule has 1 amide bonds. The fourth-order valence-corrected chi connectivity index (χ4v) is 4.77. The number of ether oxygens (including phenoxy) is 1. The molecule has 2 heterocycles. The minimum absolute atomic E-state index is 0.0898. The molecule has 3 aromatic rings. The van der Waals surface area contributed by atoms with Gasteiger partial charge in [0, 0.05) is 16.9 Å². The minimum atomic E-state index is -0.710. The lowest BCUT2D eigenvalue weighted by molar-refractivity contribution is -0.113. The average molecular weight is 486 g/mol. The molecular formula is C27H23N3O4S. The SMILES string of the molecule is COc1ccc(C(=O)CSC2=C(C#N)C(c3ccco3)C(C(=O)Nc3ccccc3)=C(C)N2)cc1. The molecular weight excluding hydrogens is 462 g/mol. The minimum Gasteiger partial charge on any atom is -0.497 e. The van der Waals surface area contributed by atoms with Crippen molar-refractivity contribution in [3.8, 4) is 11.8 Å². The summed E-state index contributed by atoms with van der Waals surface area (Å²) in [6.07, 6.45) is 1.51. The van der Waals surface area contributed by atoms with E-state index in [0.29, 0.717) is 44.6 Å². The number of para-hydroxylation sites is 1. The van der Waals surface area contributed by atoms with Crippen LogP contribution in [0.25, 0.3) is 0 Å². The lowest BCUT2D eigenvalue weighted by Gasteiger charge is -2.28. The molecule has 1 aromatic heterocycles. The molecule has 0 aliphatic carbocycles. The summed E-state index contributed by atoms with van der Waals surface area (Å²) in [5.74, 6) is 0.116. The van der Waals surface area contributed by atoms with Gasteiger partial charge in [0.05, 0.1) is 47.3 Å². The predicted molar refractivity (Wildman–Crippen MR) is 135 cm³/mol. The number of methoxy groups -OCH3 is 1. The third-order valence-corrected chi connectivity index (χ3v) is 6.53. The molecule has 7 nitrogen and oxygen atoms in total. The van der Waals surface area contributed by atoms with Crippen LogP contribution >= 0.6 is 11.8 Å². The van der Waals surface area contributed by atoms with Crippen molar-refractivity contribution in [3.63, 3.8) is 0 Å². The van der Waals surface area contributed by atoms with Crippen LogP contribution in [-0.2, 0) is 4.79 Å². The number of anilines is 1. The first kappa shape index (κ1) is 23.9. The quantitative estimate of drug-likeness (QED) is 0.421. The monoisotopic (exact) mass is 485 g/mol. The Morgan fingerprint density at radius 2 is 1.86 bits per heavy atom. The number of hydrogen-bond acceptors (Lipinski definition) is 7. The van der Waals surface area contributed by atoms with Crippen LogP contribution in [0.1, 0.15) is 29.0 Å². The third-order valence-electron chi connectivity index (χ3n) is 5.51. The average Bonchev–Trinajstić information content (AvgIpc) is 3.42. The van der Waals surface area contributed by atoms with Gasteiger partial charge >= 0.3 is 0 Å². The van der Waals surface area contributed by atoms with Gasteiger partial charge in [0.1, 0.15) is 11.5 Å². The highest BCUT2D eigenvalue weighted by atomic mass is 32.2. The van der Waals surface area contributed by atoms with E-state index in [-0.39, 0.29) is 17.4 Å². The molecule has 1 aliphatic rings. The molecule has 1 unspecified atom stereocenters. The van der Waals surface area contributed by atoms with Crippen LogP contribution in [0.5, 0.6) is 5.75 Å². The molecule has 4 rings (SSSR count).